The average Bonchev–Trinajstić information content (AvgIpc) is 1.78. The molecule has 0 saturated carbocycles. The largest absolute Gasteiger partial charge is 0.366 e. The van der Waals surface area contributed by atoms with Crippen molar-refractivity contribution in [2.75, 3.05) is 18.3 Å². The Bertz CT molecular complexity index is 215. The molecule has 5 heteroatoms. The summed E-state index contributed by atoms with van der Waals surface area (Å²) in [6.45, 7) is 5.51. The van der Waals surface area contributed by atoms with Gasteiger partial charge in [0.15, 0.2) is 9.84 Å². The van der Waals surface area contributed by atoms with Crippen LogP contribution >= 0.6 is 0 Å². The lowest BCUT2D eigenvalue weighted by Gasteiger charge is -2.17. The SMILES string of the molecule is CCOCS(=O)(=O)CC(C)(C)N. The second-order valence-corrected chi connectivity index (χ2v) is 5.50. The lowest BCUT2D eigenvalue weighted by atomic mass is 10.1. The minimum absolute atomic E-state index is 0.0417. The molecule has 0 saturated heterocycles. The van der Waals surface area contributed by atoms with E-state index >= 15 is 0 Å². The van der Waals surface area contributed by atoms with Crippen LogP contribution < -0.4 is 5.73 Å². The summed E-state index contributed by atoms with van der Waals surface area (Å²) in [4.78, 5) is 0. The van der Waals surface area contributed by atoms with Crippen molar-refractivity contribution in [3.8, 4) is 0 Å². The molecule has 0 atom stereocenters. The van der Waals surface area contributed by atoms with E-state index in [0.717, 1.165) is 0 Å². The third-order valence-corrected chi connectivity index (χ3v) is 2.77. The van der Waals surface area contributed by atoms with Gasteiger partial charge in [0.1, 0.15) is 5.94 Å². The third-order valence-electron chi connectivity index (χ3n) is 1.06. The highest BCUT2D eigenvalue weighted by atomic mass is 32.2. The highest BCUT2D eigenvalue weighted by Gasteiger charge is 2.21. The first-order valence-corrected chi connectivity index (χ1v) is 5.66. The Kier molecular flexibility index (Phi) is 4.16. The van der Waals surface area contributed by atoms with Gasteiger partial charge in [-0.1, -0.05) is 0 Å². The summed E-state index contributed by atoms with van der Waals surface area (Å²) in [6, 6.07) is 0. The van der Waals surface area contributed by atoms with Gasteiger partial charge in [-0.25, -0.2) is 8.42 Å². The minimum atomic E-state index is -3.15. The summed E-state index contributed by atoms with van der Waals surface area (Å²) in [5.41, 5.74) is 4.87. The smallest absolute Gasteiger partial charge is 0.176 e. The molecule has 0 bridgehead atoms. The van der Waals surface area contributed by atoms with Crippen LogP contribution in [0.3, 0.4) is 0 Å². The van der Waals surface area contributed by atoms with Crippen molar-refractivity contribution in [2.45, 2.75) is 26.3 Å². The van der Waals surface area contributed by atoms with Crippen LogP contribution in [-0.2, 0) is 14.6 Å². The van der Waals surface area contributed by atoms with E-state index in [4.69, 9.17) is 10.5 Å². The van der Waals surface area contributed by atoms with Crippen LogP contribution in [0.15, 0.2) is 0 Å². The maximum absolute atomic E-state index is 11.2. The van der Waals surface area contributed by atoms with E-state index in [9.17, 15) is 8.42 Å². The van der Waals surface area contributed by atoms with Gasteiger partial charge < -0.3 is 10.5 Å². The zero-order valence-corrected chi connectivity index (χ0v) is 8.65. The Morgan fingerprint density at radius 3 is 2.25 bits per heavy atom. The van der Waals surface area contributed by atoms with Gasteiger partial charge in [-0.05, 0) is 20.8 Å². The molecule has 12 heavy (non-hydrogen) atoms. The van der Waals surface area contributed by atoms with E-state index in [1.165, 1.54) is 0 Å². The van der Waals surface area contributed by atoms with Crippen LogP contribution in [0.1, 0.15) is 20.8 Å². The van der Waals surface area contributed by atoms with Gasteiger partial charge in [0.05, 0.1) is 5.75 Å². The Morgan fingerprint density at radius 2 is 1.92 bits per heavy atom. The second kappa shape index (κ2) is 4.20. The predicted molar refractivity (Wildman–Crippen MR) is 48.5 cm³/mol. The first-order chi connectivity index (χ1) is 5.27. The van der Waals surface area contributed by atoms with E-state index in [2.05, 4.69) is 0 Å². The number of rotatable bonds is 5. The van der Waals surface area contributed by atoms with Crippen LogP contribution in [0.2, 0.25) is 0 Å². The first-order valence-electron chi connectivity index (χ1n) is 3.84. The van der Waals surface area contributed by atoms with E-state index in [-0.39, 0.29) is 11.7 Å². The molecule has 0 heterocycles. The van der Waals surface area contributed by atoms with Crippen molar-refractivity contribution in [1.29, 1.82) is 0 Å². The van der Waals surface area contributed by atoms with Crippen LogP contribution in [0.25, 0.3) is 0 Å². The molecule has 0 unspecified atom stereocenters. The average molecular weight is 195 g/mol. The van der Waals surface area contributed by atoms with Crippen molar-refractivity contribution in [1.82, 2.24) is 0 Å². The summed E-state index contributed by atoms with van der Waals surface area (Å²) in [5.74, 6) is -0.274. The fourth-order valence-corrected chi connectivity index (χ4v) is 2.46. The van der Waals surface area contributed by atoms with E-state index in [1.54, 1.807) is 20.8 Å². The Balaban J connectivity index is 4.06. The summed E-state index contributed by atoms with van der Waals surface area (Å²) < 4.78 is 27.2. The van der Waals surface area contributed by atoms with Gasteiger partial charge in [-0.2, -0.15) is 0 Å². The van der Waals surface area contributed by atoms with Crippen LogP contribution in [-0.4, -0.2) is 32.3 Å². The van der Waals surface area contributed by atoms with E-state index in [1.807, 2.05) is 0 Å². The highest BCUT2D eigenvalue weighted by molar-refractivity contribution is 7.91. The highest BCUT2D eigenvalue weighted by Crippen LogP contribution is 2.03. The molecule has 2 N–H and O–H groups in total. The normalized spacial score (nSPS) is 13.3. The van der Waals surface area contributed by atoms with E-state index in [0.29, 0.717) is 6.61 Å². The minimum Gasteiger partial charge on any atom is -0.366 e. The number of ether oxygens (including phenoxy) is 1. The maximum Gasteiger partial charge on any atom is 0.176 e. The molecule has 0 aliphatic heterocycles. The molecular weight excluding hydrogens is 178 g/mol. The molecule has 74 valence electrons. The standard InChI is InChI=1S/C7H17NO3S/c1-4-11-6-12(9,10)5-7(2,3)8/h4-6,8H2,1-3H3. The molecule has 4 nitrogen and oxygen atoms in total. The molecule has 0 aromatic carbocycles. The maximum atomic E-state index is 11.2. The zero-order chi connectivity index (χ0) is 9.83. The van der Waals surface area contributed by atoms with Gasteiger partial charge in [0, 0.05) is 12.1 Å². The number of hydrogen-bond donors (Lipinski definition) is 1. The fraction of sp³-hybridized carbons (Fsp3) is 1.00. The molecule has 0 aliphatic rings. The second-order valence-electron chi connectivity index (χ2n) is 3.49. The van der Waals surface area contributed by atoms with Gasteiger partial charge in [-0.3, -0.25) is 0 Å². The molecule has 0 rings (SSSR count). The Morgan fingerprint density at radius 1 is 1.42 bits per heavy atom. The van der Waals surface area contributed by atoms with Gasteiger partial charge in [-0.15, -0.1) is 0 Å². The first kappa shape index (κ1) is 11.9. The molecule has 0 radical (unpaired) electrons. The molecule has 0 amide bonds. The van der Waals surface area contributed by atoms with Crippen molar-refractivity contribution in [2.24, 2.45) is 5.73 Å². The third kappa shape index (κ3) is 6.57. The van der Waals surface area contributed by atoms with Gasteiger partial charge in [0.2, 0.25) is 0 Å². The molecular formula is C7H17NO3S. The van der Waals surface area contributed by atoms with Crippen molar-refractivity contribution < 1.29 is 13.2 Å². The Labute approximate surface area is 74.0 Å². The molecule has 0 spiro atoms. The quantitative estimate of drug-likeness (QED) is 0.677. The number of hydrogen-bond acceptors (Lipinski definition) is 4. The number of nitrogens with two attached hydrogens (primary N) is 1. The summed E-state index contributed by atoms with van der Waals surface area (Å²) in [6.07, 6.45) is 0. The molecule has 0 aromatic heterocycles. The fourth-order valence-electron chi connectivity index (χ4n) is 0.819. The zero-order valence-electron chi connectivity index (χ0n) is 7.83. The predicted octanol–water partition coefficient (Wildman–Crippen LogP) is 0.132. The molecule has 0 aromatic rings. The summed E-state index contributed by atoms with van der Waals surface area (Å²) >= 11 is 0. The van der Waals surface area contributed by atoms with E-state index < -0.39 is 15.4 Å². The van der Waals surface area contributed by atoms with Crippen LogP contribution in [0.4, 0.5) is 0 Å². The van der Waals surface area contributed by atoms with Crippen LogP contribution in [0, 0.1) is 0 Å². The lowest BCUT2D eigenvalue weighted by Crippen LogP contribution is -2.40. The molecule has 0 aliphatic carbocycles. The van der Waals surface area contributed by atoms with Crippen LogP contribution in [0.5, 0.6) is 0 Å². The van der Waals surface area contributed by atoms with Crippen molar-refractivity contribution >= 4 is 9.84 Å². The molecule has 0 fully saturated rings. The summed E-state index contributed by atoms with van der Waals surface area (Å²) in [5, 5.41) is 0. The van der Waals surface area contributed by atoms with Gasteiger partial charge in [0.25, 0.3) is 0 Å². The van der Waals surface area contributed by atoms with Crippen molar-refractivity contribution in [3.63, 3.8) is 0 Å². The number of sulfone groups is 1. The topological polar surface area (TPSA) is 69.4 Å². The van der Waals surface area contributed by atoms with Gasteiger partial charge >= 0.3 is 0 Å². The summed E-state index contributed by atoms with van der Waals surface area (Å²) in [7, 11) is -3.15. The van der Waals surface area contributed by atoms with Crippen molar-refractivity contribution in [3.05, 3.63) is 0 Å². The Hall–Kier alpha value is -0.130. The lowest BCUT2D eigenvalue weighted by molar-refractivity contribution is 0.192. The monoisotopic (exact) mass is 195 g/mol.